The molecule has 0 aliphatic carbocycles. The molecule has 0 aromatic carbocycles. The topological polar surface area (TPSA) is 85.4 Å². The molecule has 0 saturated carbocycles. The first kappa shape index (κ1) is 18.6. The number of fused-ring (bicyclic) bond motifs is 1. The Morgan fingerprint density at radius 2 is 2.19 bits per heavy atom. The molecule has 1 amide bonds. The van der Waals surface area contributed by atoms with Crippen molar-refractivity contribution < 1.29 is 14.6 Å². The number of ether oxygens (including phenoxy) is 1. The average Bonchev–Trinajstić information content (AvgIpc) is 3.14. The van der Waals surface area contributed by atoms with Gasteiger partial charge >= 0.3 is 0 Å². The van der Waals surface area contributed by atoms with Gasteiger partial charge in [0.2, 0.25) is 0 Å². The minimum absolute atomic E-state index is 0.0252. The van der Waals surface area contributed by atoms with Crippen LogP contribution in [-0.2, 0) is 29.7 Å². The Bertz CT molecular complexity index is 780. The maximum absolute atomic E-state index is 12.9. The highest BCUT2D eigenvalue weighted by Gasteiger charge is 2.34. The molecule has 2 aromatic rings. The molecule has 8 heteroatoms. The predicted octanol–water partition coefficient (Wildman–Crippen LogP) is 1.25. The van der Waals surface area contributed by atoms with Gasteiger partial charge < -0.3 is 14.7 Å². The van der Waals surface area contributed by atoms with Crippen LogP contribution in [0.1, 0.15) is 50.4 Å². The van der Waals surface area contributed by atoms with E-state index in [-0.39, 0.29) is 5.91 Å². The van der Waals surface area contributed by atoms with Crippen LogP contribution >= 0.6 is 0 Å². The molecule has 0 fully saturated rings. The highest BCUT2D eigenvalue weighted by molar-refractivity contribution is 5.84. The number of aromatic nitrogens is 4. The van der Waals surface area contributed by atoms with E-state index in [0.717, 1.165) is 12.1 Å². The summed E-state index contributed by atoms with van der Waals surface area (Å²) in [6, 6.07) is 3.65. The van der Waals surface area contributed by atoms with Gasteiger partial charge in [0.15, 0.2) is 0 Å². The molecular formula is C18H27N5O3. The van der Waals surface area contributed by atoms with Gasteiger partial charge in [-0.3, -0.25) is 14.2 Å². The van der Waals surface area contributed by atoms with Gasteiger partial charge in [-0.15, -0.1) is 0 Å². The van der Waals surface area contributed by atoms with Crippen LogP contribution in [0.25, 0.3) is 0 Å². The largest absolute Gasteiger partial charge is 0.380 e. The lowest BCUT2D eigenvalue weighted by Crippen LogP contribution is -2.46. The average molecular weight is 361 g/mol. The lowest BCUT2D eigenvalue weighted by Gasteiger charge is -2.30. The maximum atomic E-state index is 12.9. The Morgan fingerprint density at radius 3 is 2.85 bits per heavy atom. The molecular weight excluding hydrogens is 334 g/mol. The second-order valence-corrected chi connectivity index (χ2v) is 7.09. The lowest BCUT2D eigenvalue weighted by atomic mass is 10.1. The van der Waals surface area contributed by atoms with Crippen molar-refractivity contribution in [2.24, 2.45) is 7.05 Å². The third-order valence-corrected chi connectivity index (χ3v) is 4.76. The second-order valence-electron chi connectivity index (χ2n) is 7.09. The molecule has 8 nitrogen and oxygen atoms in total. The van der Waals surface area contributed by atoms with Gasteiger partial charge in [0.05, 0.1) is 23.6 Å². The third kappa shape index (κ3) is 3.52. The SMILES string of the molecule is CCOC(C)(C)C(=O)N1CCCn2nc(C(O)c3ccnn3C)cc2C1. The molecule has 0 spiro atoms. The fourth-order valence-corrected chi connectivity index (χ4v) is 3.40. The summed E-state index contributed by atoms with van der Waals surface area (Å²) in [6.07, 6.45) is 1.62. The normalized spacial score (nSPS) is 16.3. The first-order valence-corrected chi connectivity index (χ1v) is 8.99. The molecule has 1 aliphatic heterocycles. The number of amides is 1. The second kappa shape index (κ2) is 7.20. The number of nitrogens with zero attached hydrogens (tertiary/aromatic N) is 5. The van der Waals surface area contributed by atoms with Crippen molar-refractivity contribution in [3.05, 3.63) is 35.4 Å². The van der Waals surface area contributed by atoms with Crippen molar-refractivity contribution in [1.82, 2.24) is 24.5 Å². The molecule has 1 unspecified atom stereocenters. The molecule has 1 aliphatic rings. The number of hydrogen-bond donors (Lipinski definition) is 1. The minimum Gasteiger partial charge on any atom is -0.380 e. The molecule has 3 rings (SSSR count). The number of aryl methyl sites for hydroxylation is 2. The molecule has 0 saturated heterocycles. The van der Waals surface area contributed by atoms with Gasteiger partial charge in [-0.05, 0) is 39.3 Å². The van der Waals surface area contributed by atoms with Crippen molar-refractivity contribution in [3.8, 4) is 0 Å². The van der Waals surface area contributed by atoms with Crippen LogP contribution in [0.2, 0.25) is 0 Å². The van der Waals surface area contributed by atoms with Crippen molar-refractivity contribution in [2.75, 3.05) is 13.2 Å². The summed E-state index contributed by atoms with van der Waals surface area (Å²) in [5.74, 6) is -0.0252. The van der Waals surface area contributed by atoms with Crippen LogP contribution in [0, 0.1) is 0 Å². The van der Waals surface area contributed by atoms with E-state index in [1.807, 2.05) is 22.6 Å². The Labute approximate surface area is 153 Å². The quantitative estimate of drug-likeness (QED) is 0.866. The zero-order valence-corrected chi connectivity index (χ0v) is 15.8. The van der Waals surface area contributed by atoms with Gasteiger partial charge in [0.1, 0.15) is 11.7 Å². The zero-order chi connectivity index (χ0) is 18.9. The Balaban J connectivity index is 1.82. The number of hydrogen-bond acceptors (Lipinski definition) is 5. The van der Waals surface area contributed by atoms with Crippen molar-refractivity contribution in [2.45, 2.75) is 52.0 Å². The Hall–Kier alpha value is -2.19. The summed E-state index contributed by atoms with van der Waals surface area (Å²) in [6.45, 7) is 7.83. The highest BCUT2D eigenvalue weighted by atomic mass is 16.5. The zero-order valence-electron chi connectivity index (χ0n) is 15.8. The van der Waals surface area contributed by atoms with Crippen LogP contribution < -0.4 is 0 Å². The smallest absolute Gasteiger partial charge is 0.254 e. The fraction of sp³-hybridized carbons (Fsp3) is 0.611. The summed E-state index contributed by atoms with van der Waals surface area (Å²) in [5, 5.41) is 19.3. The summed E-state index contributed by atoms with van der Waals surface area (Å²) in [4.78, 5) is 14.7. The van der Waals surface area contributed by atoms with Crippen LogP contribution in [-0.4, -0.2) is 54.2 Å². The van der Waals surface area contributed by atoms with E-state index in [2.05, 4.69) is 10.2 Å². The van der Waals surface area contributed by atoms with Gasteiger partial charge in [0.25, 0.3) is 5.91 Å². The first-order valence-electron chi connectivity index (χ1n) is 8.99. The number of aliphatic hydroxyl groups excluding tert-OH is 1. The standard InChI is InChI=1S/C18H27N5O3/c1-5-26-18(2,3)17(25)22-9-6-10-23-13(12-22)11-14(20-23)16(24)15-7-8-19-21(15)4/h7-8,11,16,24H,5-6,9-10,12H2,1-4H3. The predicted molar refractivity (Wildman–Crippen MR) is 95.2 cm³/mol. The van der Waals surface area contributed by atoms with E-state index in [4.69, 9.17) is 4.74 Å². The van der Waals surface area contributed by atoms with E-state index in [9.17, 15) is 9.90 Å². The van der Waals surface area contributed by atoms with Crippen LogP contribution in [0.4, 0.5) is 0 Å². The molecule has 1 atom stereocenters. The van der Waals surface area contributed by atoms with Crippen molar-refractivity contribution in [3.63, 3.8) is 0 Å². The van der Waals surface area contributed by atoms with Gasteiger partial charge in [-0.1, -0.05) is 0 Å². The summed E-state index contributed by atoms with van der Waals surface area (Å²) in [7, 11) is 1.79. The van der Waals surface area contributed by atoms with E-state index in [1.165, 1.54) is 0 Å². The fourth-order valence-electron chi connectivity index (χ4n) is 3.40. The van der Waals surface area contributed by atoms with Gasteiger partial charge in [-0.25, -0.2) is 0 Å². The highest BCUT2D eigenvalue weighted by Crippen LogP contribution is 2.24. The molecule has 26 heavy (non-hydrogen) atoms. The lowest BCUT2D eigenvalue weighted by molar-refractivity contribution is -0.154. The van der Waals surface area contributed by atoms with E-state index in [1.54, 1.807) is 37.8 Å². The maximum Gasteiger partial charge on any atom is 0.254 e. The van der Waals surface area contributed by atoms with E-state index >= 15 is 0 Å². The van der Waals surface area contributed by atoms with Crippen LogP contribution in [0.5, 0.6) is 0 Å². The Kier molecular flexibility index (Phi) is 5.15. The first-order chi connectivity index (χ1) is 12.3. The molecule has 0 radical (unpaired) electrons. The molecule has 1 N–H and O–H groups in total. The van der Waals surface area contributed by atoms with Crippen LogP contribution in [0.3, 0.4) is 0 Å². The summed E-state index contributed by atoms with van der Waals surface area (Å²) < 4.78 is 9.13. The van der Waals surface area contributed by atoms with Crippen molar-refractivity contribution >= 4 is 5.91 Å². The summed E-state index contributed by atoms with van der Waals surface area (Å²) in [5.41, 5.74) is 1.33. The summed E-state index contributed by atoms with van der Waals surface area (Å²) >= 11 is 0. The van der Waals surface area contributed by atoms with E-state index in [0.29, 0.717) is 37.6 Å². The van der Waals surface area contributed by atoms with Crippen molar-refractivity contribution in [1.29, 1.82) is 0 Å². The van der Waals surface area contributed by atoms with Gasteiger partial charge in [0, 0.05) is 32.9 Å². The molecule has 142 valence electrons. The number of carbonyl (C=O) groups is 1. The third-order valence-electron chi connectivity index (χ3n) is 4.76. The van der Waals surface area contributed by atoms with Crippen LogP contribution in [0.15, 0.2) is 18.3 Å². The molecule has 0 bridgehead atoms. The Morgan fingerprint density at radius 1 is 1.42 bits per heavy atom. The monoisotopic (exact) mass is 361 g/mol. The molecule has 2 aromatic heterocycles. The number of aliphatic hydroxyl groups is 1. The number of rotatable bonds is 5. The number of carbonyl (C=O) groups excluding carboxylic acids is 1. The van der Waals surface area contributed by atoms with Gasteiger partial charge in [-0.2, -0.15) is 10.2 Å². The minimum atomic E-state index is -0.846. The van der Waals surface area contributed by atoms with E-state index < -0.39 is 11.7 Å². The molecule has 3 heterocycles.